The zero-order valence-corrected chi connectivity index (χ0v) is 13.7. The van der Waals surface area contributed by atoms with Crippen LogP contribution in [-0.4, -0.2) is 51.4 Å². The molecule has 0 aliphatic carbocycles. The lowest BCUT2D eigenvalue weighted by Gasteiger charge is -2.33. The van der Waals surface area contributed by atoms with Crippen LogP contribution >= 0.6 is 15.9 Å². The normalized spacial score (nSPS) is 20.2. The lowest BCUT2D eigenvalue weighted by molar-refractivity contribution is -0.124. The van der Waals surface area contributed by atoms with Gasteiger partial charge in [-0.3, -0.25) is 4.79 Å². The van der Waals surface area contributed by atoms with Crippen molar-refractivity contribution in [3.63, 3.8) is 0 Å². The van der Waals surface area contributed by atoms with Gasteiger partial charge in [0.05, 0.1) is 9.37 Å². The summed E-state index contributed by atoms with van der Waals surface area (Å²) in [7, 11) is -2.49. The zero-order chi connectivity index (χ0) is 15.6. The molecule has 6 nitrogen and oxygen atoms in total. The summed E-state index contributed by atoms with van der Waals surface area (Å²) in [5.74, 6) is -1.06. The maximum Gasteiger partial charge on any atom is 0.243 e. The Morgan fingerprint density at radius 3 is 2.86 bits per heavy atom. The van der Waals surface area contributed by atoms with E-state index in [4.69, 9.17) is 0 Å². The summed E-state index contributed by atoms with van der Waals surface area (Å²) < 4.78 is 40.1. The van der Waals surface area contributed by atoms with Crippen molar-refractivity contribution in [1.82, 2.24) is 14.9 Å². The second-order valence-corrected chi connectivity index (χ2v) is 7.27. The predicted octanol–water partition coefficient (Wildman–Crippen LogP) is 0.297. The molecule has 21 heavy (non-hydrogen) atoms. The van der Waals surface area contributed by atoms with E-state index in [0.29, 0.717) is 6.54 Å². The molecule has 1 fully saturated rings. The van der Waals surface area contributed by atoms with Crippen molar-refractivity contribution in [1.29, 1.82) is 0 Å². The van der Waals surface area contributed by atoms with E-state index in [2.05, 4.69) is 26.6 Å². The van der Waals surface area contributed by atoms with E-state index in [0.717, 1.165) is 10.4 Å². The first kappa shape index (κ1) is 16.3. The summed E-state index contributed by atoms with van der Waals surface area (Å²) in [4.78, 5) is 11.7. The number of piperazine rings is 1. The highest BCUT2D eigenvalue weighted by atomic mass is 79.9. The summed E-state index contributed by atoms with van der Waals surface area (Å²) in [6, 6.07) is 2.74. The number of hydrogen-bond acceptors (Lipinski definition) is 4. The van der Waals surface area contributed by atoms with E-state index in [1.54, 1.807) is 0 Å². The van der Waals surface area contributed by atoms with Gasteiger partial charge < -0.3 is 10.6 Å². The second kappa shape index (κ2) is 6.39. The number of likely N-dealkylation sites (N-methyl/N-ethyl adjacent to an activating group) is 1. The van der Waals surface area contributed by atoms with Crippen molar-refractivity contribution in [3.8, 4) is 0 Å². The third kappa shape index (κ3) is 3.25. The van der Waals surface area contributed by atoms with Crippen LogP contribution in [0.3, 0.4) is 0 Å². The Morgan fingerprint density at radius 2 is 2.24 bits per heavy atom. The fourth-order valence-corrected chi connectivity index (χ4v) is 3.98. The number of nitrogens with zero attached hydrogens (tertiary/aromatic N) is 1. The molecular formula is C12H15BrFN3O3S. The highest BCUT2D eigenvalue weighted by Crippen LogP contribution is 2.24. The Morgan fingerprint density at radius 1 is 1.52 bits per heavy atom. The van der Waals surface area contributed by atoms with Crippen molar-refractivity contribution < 1.29 is 17.6 Å². The van der Waals surface area contributed by atoms with Crippen LogP contribution in [0.2, 0.25) is 0 Å². The molecule has 2 N–H and O–H groups in total. The monoisotopic (exact) mass is 379 g/mol. The predicted molar refractivity (Wildman–Crippen MR) is 78.7 cm³/mol. The third-order valence-electron chi connectivity index (χ3n) is 3.24. The van der Waals surface area contributed by atoms with Crippen molar-refractivity contribution in [2.75, 3.05) is 26.7 Å². The summed E-state index contributed by atoms with van der Waals surface area (Å²) in [6.45, 7) is 0.807. The van der Waals surface area contributed by atoms with Gasteiger partial charge in [-0.05, 0) is 34.1 Å². The average Bonchev–Trinajstić information content (AvgIpc) is 2.49. The topological polar surface area (TPSA) is 78.5 Å². The van der Waals surface area contributed by atoms with E-state index in [9.17, 15) is 17.6 Å². The smallest absolute Gasteiger partial charge is 0.243 e. The SMILES string of the molecule is CNC(=O)C1CNCCN1S(=O)(=O)c1ccc(Br)c(F)c1. The van der Waals surface area contributed by atoms with Gasteiger partial charge in [-0.25, -0.2) is 12.8 Å². The molecule has 0 saturated carbocycles. The van der Waals surface area contributed by atoms with Gasteiger partial charge in [0.2, 0.25) is 15.9 Å². The number of benzene rings is 1. The largest absolute Gasteiger partial charge is 0.358 e. The lowest BCUT2D eigenvalue weighted by atomic mass is 10.2. The molecule has 2 rings (SSSR count). The molecule has 1 unspecified atom stereocenters. The van der Waals surface area contributed by atoms with E-state index < -0.39 is 27.8 Å². The second-order valence-electron chi connectivity index (χ2n) is 4.53. The van der Waals surface area contributed by atoms with Gasteiger partial charge in [0.1, 0.15) is 11.9 Å². The van der Waals surface area contributed by atoms with Crippen LogP contribution in [0.1, 0.15) is 0 Å². The minimum Gasteiger partial charge on any atom is -0.358 e. The molecule has 1 amide bonds. The van der Waals surface area contributed by atoms with Gasteiger partial charge in [-0.15, -0.1) is 0 Å². The van der Waals surface area contributed by atoms with Crippen molar-refractivity contribution in [3.05, 3.63) is 28.5 Å². The molecule has 116 valence electrons. The highest BCUT2D eigenvalue weighted by molar-refractivity contribution is 9.10. The van der Waals surface area contributed by atoms with Crippen molar-refractivity contribution >= 4 is 31.9 Å². The summed E-state index contributed by atoms with van der Waals surface area (Å²) in [5.41, 5.74) is 0. The first-order valence-electron chi connectivity index (χ1n) is 6.27. The minimum absolute atomic E-state index is 0.151. The van der Waals surface area contributed by atoms with Crippen LogP contribution in [0.5, 0.6) is 0 Å². The maximum absolute atomic E-state index is 13.6. The van der Waals surface area contributed by atoms with Gasteiger partial charge in [0, 0.05) is 26.7 Å². The number of sulfonamides is 1. The lowest BCUT2D eigenvalue weighted by Crippen LogP contribution is -2.59. The van der Waals surface area contributed by atoms with Gasteiger partial charge in [0.25, 0.3) is 0 Å². The molecule has 0 radical (unpaired) electrons. The van der Waals surface area contributed by atoms with Crippen LogP contribution in [0.4, 0.5) is 4.39 Å². The van der Waals surface area contributed by atoms with E-state index >= 15 is 0 Å². The molecule has 1 heterocycles. The van der Waals surface area contributed by atoms with Crippen LogP contribution in [0.15, 0.2) is 27.6 Å². The Labute approximate surface area is 130 Å². The molecule has 1 atom stereocenters. The standard InChI is InChI=1S/C12H15BrFN3O3S/c1-15-12(18)11-7-16-4-5-17(11)21(19,20)8-2-3-9(13)10(14)6-8/h2-3,6,11,16H,4-5,7H2,1H3,(H,15,18). The van der Waals surface area contributed by atoms with E-state index in [1.165, 1.54) is 19.2 Å². The Kier molecular flexibility index (Phi) is 4.97. The first-order chi connectivity index (χ1) is 9.87. The molecule has 1 aromatic rings. The molecule has 0 bridgehead atoms. The van der Waals surface area contributed by atoms with Crippen LogP contribution in [-0.2, 0) is 14.8 Å². The van der Waals surface area contributed by atoms with Gasteiger partial charge >= 0.3 is 0 Å². The van der Waals surface area contributed by atoms with Gasteiger partial charge in [0.15, 0.2) is 0 Å². The van der Waals surface area contributed by atoms with E-state index in [1.807, 2.05) is 0 Å². The number of carbonyl (C=O) groups excluding carboxylic acids is 1. The zero-order valence-electron chi connectivity index (χ0n) is 11.3. The molecule has 1 aliphatic heterocycles. The minimum atomic E-state index is -3.93. The number of carbonyl (C=O) groups is 1. The molecule has 0 aromatic heterocycles. The highest BCUT2D eigenvalue weighted by Gasteiger charge is 2.37. The Hall–Kier alpha value is -1.03. The molecule has 1 aromatic carbocycles. The van der Waals surface area contributed by atoms with Crippen molar-refractivity contribution in [2.45, 2.75) is 10.9 Å². The van der Waals surface area contributed by atoms with Crippen LogP contribution in [0, 0.1) is 5.82 Å². The van der Waals surface area contributed by atoms with Crippen LogP contribution < -0.4 is 10.6 Å². The number of amides is 1. The third-order valence-corrected chi connectivity index (χ3v) is 5.79. The molecule has 0 spiro atoms. The molecule has 1 aliphatic rings. The van der Waals surface area contributed by atoms with Gasteiger partial charge in [-0.1, -0.05) is 0 Å². The summed E-state index contributed by atoms with van der Waals surface area (Å²) in [5, 5.41) is 5.42. The summed E-state index contributed by atoms with van der Waals surface area (Å²) in [6.07, 6.45) is 0. The number of halogens is 2. The number of rotatable bonds is 3. The average molecular weight is 380 g/mol. The Balaban J connectivity index is 2.40. The number of nitrogens with one attached hydrogen (secondary N) is 2. The fourth-order valence-electron chi connectivity index (χ4n) is 2.14. The number of hydrogen-bond donors (Lipinski definition) is 2. The maximum atomic E-state index is 13.6. The summed E-state index contributed by atoms with van der Waals surface area (Å²) >= 11 is 2.98. The molecule has 9 heteroatoms. The van der Waals surface area contributed by atoms with Gasteiger partial charge in [-0.2, -0.15) is 4.31 Å². The molecule has 1 saturated heterocycles. The van der Waals surface area contributed by atoms with Crippen LogP contribution in [0.25, 0.3) is 0 Å². The van der Waals surface area contributed by atoms with E-state index in [-0.39, 0.29) is 22.5 Å². The fraction of sp³-hybridized carbons (Fsp3) is 0.417. The molecular weight excluding hydrogens is 365 g/mol. The first-order valence-corrected chi connectivity index (χ1v) is 8.50. The Bertz CT molecular complexity index is 653. The quantitative estimate of drug-likeness (QED) is 0.791. The van der Waals surface area contributed by atoms with Crippen molar-refractivity contribution in [2.24, 2.45) is 0 Å².